The quantitative estimate of drug-likeness (QED) is 0.478. The van der Waals surface area contributed by atoms with Gasteiger partial charge < -0.3 is 10.0 Å². The standard InChI is InChI=1S/C28H32ClFN2O3/c1-17(2)20-13-15-28(16-14-20)31-26(22-5-4-6-23(29)25(22)30)27(35)32(28)18(3)21-10-7-19(8-11-21)9-12-24(33)34/h4-8,10-11,17-18,20H,9,12-16H2,1-3H3,(H,33,34). The van der Waals surface area contributed by atoms with Crippen molar-refractivity contribution in [3.05, 3.63) is 70.0 Å². The summed E-state index contributed by atoms with van der Waals surface area (Å²) in [6.07, 6.45) is 3.90. The van der Waals surface area contributed by atoms with Crippen molar-refractivity contribution in [3.8, 4) is 0 Å². The molecule has 0 radical (unpaired) electrons. The van der Waals surface area contributed by atoms with Crippen molar-refractivity contribution in [1.29, 1.82) is 0 Å². The minimum Gasteiger partial charge on any atom is -0.481 e. The van der Waals surface area contributed by atoms with Gasteiger partial charge in [0.05, 0.1) is 11.1 Å². The fourth-order valence-corrected chi connectivity index (χ4v) is 5.67. The zero-order valence-corrected chi connectivity index (χ0v) is 21.2. The maximum Gasteiger partial charge on any atom is 0.303 e. The van der Waals surface area contributed by atoms with Crippen molar-refractivity contribution in [2.24, 2.45) is 16.8 Å². The molecule has 35 heavy (non-hydrogen) atoms. The first-order valence-corrected chi connectivity index (χ1v) is 12.7. The number of benzene rings is 2. The third kappa shape index (κ3) is 4.99. The summed E-state index contributed by atoms with van der Waals surface area (Å²) in [6, 6.07) is 12.1. The Bertz CT molecular complexity index is 1140. The lowest BCUT2D eigenvalue weighted by atomic mass is 9.76. The predicted molar refractivity (Wildman–Crippen MR) is 135 cm³/mol. The van der Waals surface area contributed by atoms with Crippen molar-refractivity contribution in [2.45, 2.75) is 71.0 Å². The molecule has 1 heterocycles. The van der Waals surface area contributed by atoms with Gasteiger partial charge >= 0.3 is 5.97 Å². The molecule has 1 amide bonds. The number of carbonyl (C=O) groups is 2. The molecule has 1 spiro atoms. The molecule has 1 aliphatic carbocycles. The summed E-state index contributed by atoms with van der Waals surface area (Å²) >= 11 is 6.03. The van der Waals surface area contributed by atoms with E-state index in [0.717, 1.165) is 36.8 Å². The van der Waals surface area contributed by atoms with Crippen molar-refractivity contribution < 1.29 is 19.1 Å². The zero-order valence-electron chi connectivity index (χ0n) is 20.4. The molecule has 4 rings (SSSR count). The molecule has 2 aliphatic rings. The zero-order chi connectivity index (χ0) is 25.3. The van der Waals surface area contributed by atoms with Crippen LogP contribution >= 0.6 is 11.6 Å². The molecule has 0 bridgehead atoms. The first-order valence-electron chi connectivity index (χ1n) is 12.3. The molecule has 0 saturated heterocycles. The molecule has 1 fully saturated rings. The third-order valence-electron chi connectivity index (χ3n) is 7.65. The van der Waals surface area contributed by atoms with Crippen molar-refractivity contribution in [3.63, 3.8) is 0 Å². The lowest BCUT2D eigenvalue weighted by molar-refractivity contribution is -0.137. The van der Waals surface area contributed by atoms with Gasteiger partial charge in [-0.25, -0.2) is 4.39 Å². The van der Waals surface area contributed by atoms with Crippen LogP contribution in [0.15, 0.2) is 47.5 Å². The van der Waals surface area contributed by atoms with Gasteiger partial charge in [-0.1, -0.05) is 55.8 Å². The topological polar surface area (TPSA) is 70.0 Å². The Morgan fingerprint density at radius 2 is 1.83 bits per heavy atom. The maximum atomic E-state index is 14.9. The fourth-order valence-electron chi connectivity index (χ4n) is 5.50. The van der Waals surface area contributed by atoms with Crippen molar-refractivity contribution in [2.75, 3.05) is 0 Å². The van der Waals surface area contributed by atoms with E-state index in [1.54, 1.807) is 12.1 Å². The van der Waals surface area contributed by atoms with Crippen LogP contribution in [0.1, 0.15) is 75.6 Å². The van der Waals surface area contributed by atoms with Crippen LogP contribution in [-0.2, 0) is 16.0 Å². The average molecular weight is 499 g/mol. The van der Waals surface area contributed by atoms with E-state index in [9.17, 15) is 14.0 Å². The molecule has 186 valence electrons. The van der Waals surface area contributed by atoms with E-state index in [2.05, 4.69) is 13.8 Å². The number of carboxylic acid groups (broad SMARTS) is 1. The summed E-state index contributed by atoms with van der Waals surface area (Å²) in [5.41, 5.74) is 1.44. The van der Waals surface area contributed by atoms with Crippen LogP contribution in [0.3, 0.4) is 0 Å². The van der Waals surface area contributed by atoms with Crippen LogP contribution in [0.25, 0.3) is 0 Å². The number of aliphatic imine (C=N–C) groups is 1. The molecular weight excluding hydrogens is 467 g/mol. The van der Waals surface area contributed by atoms with Crippen LogP contribution in [0.2, 0.25) is 5.02 Å². The van der Waals surface area contributed by atoms with Gasteiger partial charge in [-0.05, 0) is 74.1 Å². The minimum absolute atomic E-state index is 0.0287. The normalized spacial score (nSPS) is 23.1. The monoisotopic (exact) mass is 498 g/mol. The number of hydrogen-bond acceptors (Lipinski definition) is 3. The van der Waals surface area contributed by atoms with Crippen LogP contribution in [-0.4, -0.2) is 33.3 Å². The molecule has 5 nitrogen and oxygen atoms in total. The smallest absolute Gasteiger partial charge is 0.303 e. The number of aryl methyl sites for hydroxylation is 1. The van der Waals surface area contributed by atoms with Crippen molar-refractivity contribution >= 4 is 29.2 Å². The lowest BCUT2D eigenvalue weighted by Gasteiger charge is -2.45. The SMILES string of the molecule is CC(C)C1CCC2(CC1)N=C(c1cccc(Cl)c1F)C(=O)N2C(C)c1ccc(CCC(=O)O)cc1. The first-order chi connectivity index (χ1) is 16.6. The highest BCUT2D eigenvalue weighted by atomic mass is 35.5. The summed E-state index contributed by atoms with van der Waals surface area (Å²) in [7, 11) is 0. The van der Waals surface area contributed by atoms with Gasteiger partial charge in [-0.15, -0.1) is 0 Å². The Labute approximate surface area is 211 Å². The van der Waals surface area contributed by atoms with Gasteiger partial charge in [0.2, 0.25) is 0 Å². The van der Waals surface area contributed by atoms with Crippen LogP contribution < -0.4 is 0 Å². The van der Waals surface area contributed by atoms with Crippen LogP contribution in [0, 0.1) is 17.7 Å². The number of hydrogen-bond donors (Lipinski definition) is 1. The van der Waals surface area contributed by atoms with E-state index in [0.29, 0.717) is 18.3 Å². The molecule has 2 aromatic rings. The summed E-state index contributed by atoms with van der Waals surface area (Å²) in [5, 5.41) is 8.92. The molecular formula is C28H32ClFN2O3. The number of rotatable bonds is 7. The first kappa shape index (κ1) is 25.4. The molecule has 1 N–H and O–H groups in total. The van der Waals surface area contributed by atoms with Gasteiger partial charge in [0.25, 0.3) is 5.91 Å². The molecule has 1 unspecified atom stereocenters. The maximum absolute atomic E-state index is 14.9. The Morgan fingerprint density at radius 1 is 1.17 bits per heavy atom. The van der Waals surface area contributed by atoms with Crippen LogP contribution in [0.4, 0.5) is 4.39 Å². The van der Waals surface area contributed by atoms with Gasteiger partial charge in [-0.3, -0.25) is 14.6 Å². The van der Waals surface area contributed by atoms with E-state index in [4.69, 9.17) is 21.7 Å². The highest BCUT2D eigenvalue weighted by Crippen LogP contribution is 2.47. The average Bonchev–Trinajstić information content (AvgIpc) is 3.10. The second-order valence-electron chi connectivity index (χ2n) is 10.1. The predicted octanol–water partition coefficient (Wildman–Crippen LogP) is 6.43. The number of carbonyl (C=O) groups excluding carboxylic acids is 1. The summed E-state index contributed by atoms with van der Waals surface area (Å²) in [6.45, 7) is 6.43. The number of nitrogens with zero attached hydrogens (tertiary/aromatic N) is 2. The summed E-state index contributed by atoms with van der Waals surface area (Å²) < 4.78 is 14.9. The van der Waals surface area contributed by atoms with Crippen molar-refractivity contribution in [1.82, 2.24) is 4.90 Å². The molecule has 7 heteroatoms. The molecule has 0 aromatic heterocycles. The Kier molecular flexibility index (Phi) is 7.32. The molecule has 1 saturated carbocycles. The highest BCUT2D eigenvalue weighted by molar-refractivity contribution is 6.47. The molecule has 1 atom stereocenters. The van der Waals surface area contributed by atoms with Gasteiger partial charge in [0.15, 0.2) is 5.82 Å². The van der Waals surface area contributed by atoms with E-state index < -0.39 is 17.4 Å². The second-order valence-corrected chi connectivity index (χ2v) is 10.5. The molecule has 1 aliphatic heterocycles. The Hall–Kier alpha value is -2.73. The fraction of sp³-hybridized carbons (Fsp3) is 0.464. The highest BCUT2D eigenvalue weighted by Gasteiger charge is 2.51. The largest absolute Gasteiger partial charge is 0.481 e. The number of carboxylic acids is 1. The van der Waals surface area contributed by atoms with Gasteiger partial charge in [-0.2, -0.15) is 0 Å². The number of amides is 1. The number of aliphatic carboxylic acids is 1. The number of halogens is 2. The Morgan fingerprint density at radius 3 is 2.43 bits per heavy atom. The summed E-state index contributed by atoms with van der Waals surface area (Å²) in [5.74, 6) is -0.603. The van der Waals surface area contributed by atoms with Crippen LogP contribution in [0.5, 0.6) is 0 Å². The summed E-state index contributed by atoms with van der Waals surface area (Å²) in [4.78, 5) is 31.5. The van der Waals surface area contributed by atoms with E-state index in [1.165, 1.54) is 6.07 Å². The van der Waals surface area contributed by atoms with E-state index in [-0.39, 0.29) is 34.7 Å². The molecule has 2 aromatic carbocycles. The third-order valence-corrected chi connectivity index (χ3v) is 7.94. The second kappa shape index (κ2) is 10.1. The Balaban J connectivity index is 1.68. The van der Waals surface area contributed by atoms with E-state index in [1.807, 2.05) is 36.1 Å². The lowest BCUT2D eigenvalue weighted by Crippen LogP contribution is -2.50. The van der Waals surface area contributed by atoms with E-state index >= 15 is 0 Å². The minimum atomic E-state index is -0.832. The van der Waals surface area contributed by atoms with Gasteiger partial charge in [0.1, 0.15) is 11.4 Å². The van der Waals surface area contributed by atoms with Gasteiger partial charge in [0, 0.05) is 12.0 Å².